The van der Waals surface area contributed by atoms with Crippen molar-refractivity contribution in [3.05, 3.63) is 48.5 Å². The van der Waals surface area contributed by atoms with Gasteiger partial charge in [0, 0.05) is 24.3 Å². The number of carbonyl (C=O) groups excluding carboxylic acids is 2. The van der Waals surface area contributed by atoms with Gasteiger partial charge < -0.3 is 20.3 Å². The fourth-order valence-corrected chi connectivity index (χ4v) is 2.85. The Morgan fingerprint density at radius 2 is 1.80 bits per heavy atom. The molecule has 0 aliphatic carbocycles. The van der Waals surface area contributed by atoms with Gasteiger partial charge in [0.15, 0.2) is 0 Å². The second kappa shape index (κ2) is 7.70. The molecule has 1 aliphatic rings. The van der Waals surface area contributed by atoms with Crippen LogP contribution in [0.1, 0.15) is 19.3 Å². The van der Waals surface area contributed by atoms with Gasteiger partial charge in [0.25, 0.3) is 0 Å². The van der Waals surface area contributed by atoms with Crippen LogP contribution in [-0.2, 0) is 4.79 Å². The number of benzene rings is 2. The topological polar surface area (TPSA) is 70.7 Å². The molecule has 1 aliphatic heterocycles. The molecule has 1 saturated heterocycles. The van der Waals surface area contributed by atoms with E-state index in [0.717, 1.165) is 12.8 Å². The normalized spacial score (nSPS) is 14.1. The van der Waals surface area contributed by atoms with Gasteiger partial charge in [-0.05, 0) is 43.2 Å². The van der Waals surface area contributed by atoms with Gasteiger partial charge in [-0.15, -0.1) is 0 Å². The van der Waals surface area contributed by atoms with E-state index in [-0.39, 0.29) is 11.9 Å². The molecule has 1 heterocycles. The number of carbonyl (C=O) groups is 2. The molecule has 25 heavy (non-hydrogen) atoms. The third-order valence-corrected chi connectivity index (χ3v) is 4.08. The second-order valence-electron chi connectivity index (χ2n) is 5.83. The molecule has 2 N–H and O–H groups in total. The molecule has 0 atom stereocenters. The van der Waals surface area contributed by atoms with Crippen molar-refractivity contribution in [1.29, 1.82) is 0 Å². The molecule has 2 aromatic carbocycles. The summed E-state index contributed by atoms with van der Waals surface area (Å²) in [5.74, 6) is 0.694. The van der Waals surface area contributed by atoms with Crippen LogP contribution in [0.15, 0.2) is 48.5 Å². The Morgan fingerprint density at radius 1 is 1.04 bits per heavy atom. The largest absolute Gasteiger partial charge is 0.495 e. The first-order chi connectivity index (χ1) is 12.2. The number of para-hydroxylation sites is 1. The van der Waals surface area contributed by atoms with Gasteiger partial charge in [-0.25, -0.2) is 4.79 Å². The van der Waals surface area contributed by atoms with Gasteiger partial charge in [0.1, 0.15) is 5.75 Å². The first-order valence-corrected chi connectivity index (χ1v) is 8.29. The van der Waals surface area contributed by atoms with E-state index < -0.39 is 0 Å². The molecule has 3 rings (SSSR count). The maximum atomic E-state index is 12.2. The number of anilines is 3. The highest BCUT2D eigenvalue weighted by molar-refractivity contribution is 6.01. The van der Waals surface area contributed by atoms with E-state index in [2.05, 4.69) is 10.6 Å². The monoisotopic (exact) mass is 339 g/mol. The standard InChI is InChI=1S/C19H21N3O3/c1-25-17-11-10-15(13-16(17)22-12-6-5-9-18(22)23)21-19(24)20-14-7-3-2-4-8-14/h2-4,7-8,10-11,13H,5-6,9,12H2,1H3,(H2,20,21,24). The molecule has 0 radical (unpaired) electrons. The highest BCUT2D eigenvalue weighted by Crippen LogP contribution is 2.33. The number of rotatable bonds is 4. The molecule has 6 heteroatoms. The summed E-state index contributed by atoms with van der Waals surface area (Å²) in [5.41, 5.74) is 1.99. The van der Waals surface area contributed by atoms with E-state index in [9.17, 15) is 9.59 Å². The van der Waals surface area contributed by atoms with Gasteiger partial charge in [-0.2, -0.15) is 0 Å². The summed E-state index contributed by atoms with van der Waals surface area (Å²) in [6, 6.07) is 14.1. The molecule has 1 fully saturated rings. The van der Waals surface area contributed by atoms with Crippen LogP contribution in [-0.4, -0.2) is 25.6 Å². The molecule has 0 unspecified atom stereocenters. The average molecular weight is 339 g/mol. The first kappa shape index (κ1) is 16.8. The zero-order chi connectivity index (χ0) is 17.6. The Balaban J connectivity index is 1.77. The van der Waals surface area contributed by atoms with E-state index in [1.54, 1.807) is 30.2 Å². The molecular formula is C19H21N3O3. The Hall–Kier alpha value is -3.02. The van der Waals surface area contributed by atoms with Crippen LogP contribution >= 0.6 is 0 Å². The van der Waals surface area contributed by atoms with E-state index >= 15 is 0 Å². The summed E-state index contributed by atoms with van der Waals surface area (Å²) in [6.45, 7) is 0.662. The summed E-state index contributed by atoms with van der Waals surface area (Å²) >= 11 is 0. The molecule has 0 bridgehead atoms. The fourth-order valence-electron chi connectivity index (χ4n) is 2.85. The van der Waals surface area contributed by atoms with E-state index in [0.29, 0.717) is 35.8 Å². The summed E-state index contributed by atoms with van der Waals surface area (Å²) in [4.78, 5) is 26.1. The van der Waals surface area contributed by atoms with Crippen molar-refractivity contribution in [2.75, 3.05) is 29.2 Å². The van der Waals surface area contributed by atoms with Crippen LogP contribution in [0, 0.1) is 0 Å². The lowest BCUT2D eigenvalue weighted by molar-refractivity contribution is -0.119. The number of piperidine rings is 1. The lowest BCUT2D eigenvalue weighted by Gasteiger charge is -2.28. The number of nitrogens with zero attached hydrogens (tertiary/aromatic N) is 1. The Labute approximate surface area is 146 Å². The molecule has 130 valence electrons. The number of hydrogen-bond acceptors (Lipinski definition) is 3. The summed E-state index contributed by atoms with van der Waals surface area (Å²) in [7, 11) is 1.57. The molecule has 0 saturated carbocycles. The molecule has 2 aromatic rings. The summed E-state index contributed by atoms with van der Waals surface area (Å²) in [5, 5.41) is 5.56. The molecule has 6 nitrogen and oxygen atoms in total. The van der Waals surface area contributed by atoms with Crippen LogP contribution in [0.4, 0.5) is 21.9 Å². The Bertz CT molecular complexity index is 762. The van der Waals surface area contributed by atoms with Gasteiger partial charge in [0.2, 0.25) is 5.91 Å². The highest BCUT2D eigenvalue weighted by Gasteiger charge is 2.23. The number of urea groups is 1. The Kier molecular flexibility index (Phi) is 5.18. The summed E-state index contributed by atoms with van der Waals surface area (Å²) in [6.07, 6.45) is 2.41. The first-order valence-electron chi connectivity index (χ1n) is 8.29. The van der Waals surface area contributed by atoms with Crippen LogP contribution in [0.3, 0.4) is 0 Å². The SMILES string of the molecule is COc1ccc(NC(=O)Nc2ccccc2)cc1N1CCCCC1=O. The van der Waals surface area contributed by atoms with Crippen molar-refractivity contribution in [2.45, 2.75) is 19.3 Å². The molecule has 0 spiro atoms. The number of ether oxygens (including phenoxy) is 1. The zero-order valence-electron chi connectivity index (χ0n) is 14.1. The average Bonchev–Trinajstić information content (AvgIpc) is 2.63. The minimum atomic E-state index is -0.340. The highest BCUT2D eigenvalue weighted by atomic mass is 16.5. The molecule has 0 aromatic heterocycles. The van der Waals surface area contributed by atoms with Gasteiger partial charge in [-0.1, -0.05) is 18.2 Å². The predicted molar refractivity (Wildman–Crippen MR) is 98.3 cm³/mol. The van der Waals surface area contributed by atoms with E-state index in [4.69, 9.17) is 4.74 Å². The van der Waals surface area contributed by atoms with Crippen molar-refractivity contribution in [3.63, 3.8) is 0 Å². The smallest absolute Gasteiger partial charge is 0.323 e. The fraction of sp³-hybridized carbons (Fsp3) is 0.263. The third kappa shape index (κ3) is 4.09. The van der Waals surface area contributed by atoms with Crippen LogP contribution in [0.2, 0.25) is 0 Å². The number of nitrogens with one attached hydrogen (secondary N) is 2. The van der Waals surface area contributed by atoms with Gasteiger partial charge >= 0.3 is 6.03 Å². The maximum Gasteiger partial charge on any atom is 0.323 e. The van der Waals surface area contributed by atoms with Crippen molar-refractivity contribution < 1.29 is 14.3 Å². The van der Waals surface area contributed by atoms with E-state index in [1.165, 1.54) is 0 Å². The predicted octanol–water partition coefficient (Wildman–Crippen LogP) is 3.86. The van der Waals surface area contributed by atoms with Crippen molar-refractivity contribution in [3.8, 4) is 5.75 Å². The van der Waals surface area contributed by atoms with E-state index in [1.807, 2.05) is 30.3 Å². The lowest BCUT2D eigenvalue weighted by Crippen LogP contribution is -2.35. The molecule has 3 amide bonds. The van der Waals surface area contributed by atoms with Crippen molar-refractivity contribution >= 4 is 29.0 Å². The zero-order valence-corrected chi connectivity index (χ0v) is 14.1. The summed E-state index contributed by atoms with van der Waals surface area (Å²) < 4.78 is 5.38. The number of methoxy groups -OCH3 is 1. The second-order valence-corrected chi connectivity index (χ2v) is 5.83. The Morgan fingerprint density at radius 3 is 2.52 bits per heavy atom. The van der Waals surface area contributed by atoms with Gasteiger partial charge in [0.05, 0.1) is 12.8 Å². The number of amides is 3. The molecular weight excluding hydrogens is 318 g/mol. The number of hydrogen-bond donors (Lipinski definition) is 2. The minimum absolute atomic E-state index is 0.0791. The maximum absolute atomic E-state index is 12.2. The third-order valence-electron chi connectivity index (χ3n) is 4.08. The van der Waals surface area contributed by atoms with Crippen LogP contribution < -0.4 is 20.3 Å². The van der Waals surface area contributed by atoms with Gasteiger partial charge in [-0.3, -0.25) is 4.79 Å². The van der Waals surface area contributed by atoms with Crippen molar-refractivity contribution in [2.24, 2.45) is 0 Å². The lowest BCUT2D eigenvalue weighted by atomic mass is 10.1. The van der Waals surface area contributed by atoms with Crippen molar-refractivity contribution in [1.82, 2.24) is 0 Å². The van der Waals surface area contributed by atoms with Crippen LogP contribution in [0.25, 0.3) is 0 Å². The quantitative estimate of drug-likeness (QED) is 0.889. The van der Waals surface area contributed by atoms with Crippen LogP contribution in [0.5, 0.6) is 5.75 Å². The minimum Gasteiger partial charge on any atom is -0.495 e.